The summed E-state index contributed by atoms with van der Waals surface area (Å²) in [7, 11) is 0. The Morgan fingerprint density at radius 2 is 1.83 bits per heavy atom. The Kier molecular flexibility index (Phi) is 6.25. The standard InChI is InChI=1S/C31H43NO3S/c1-18(15-27(35)32-29(19-6-7-19)26-5-4-14-36-26)22-8-9-23-28-24(11-13-31(22,23)3)30(2)12-10-21(33)16-20(30)17-25(28)34/h4-5,14,18-20,22-24,28-29H,6-13,15-17H2,1-3H3,(H,32,35)/t18-,20+,22-,23+,24+,28+,29+,30+,31-/m1/s1. The Balaban J connectivity index is 1.15. The quantitative estimate of drug-likeness (QED) is 0.461. The van der Waals surface area contributed by atoms with Crippen molar-refractivity contribution in [1.82, 2.24) is 5.32 Å². The molecule has 9 atom stereocenters. The Morgan fingerprint density at radius 3 is 2.56 bits per heavy atom. The van der Waals surface area contributed by atoms with E-state index < -0.39 is 0 Å². The third-order valence-corrected chi connectivity index (χ3v) is 12.8. The molecular weight excluding hydrogens is 466 g/mol. The van der Waals surface area contributed by atoms with Crippen molar-refractivity contribution in [3.05, 3.63) is 22.4 Å². The predicted octanol–water partition coefficient (Wildman–Crippen LogP) is 6.75. The SMILES string of the molecule is C[C@H](CC(=O)N[C@H](c1cccs1)C1CC1)[C@H]1CC[C@H]2[C@@H]3C(=O)C[C@@H]4CC(=O)CC[C@]4(C)[C@H]3CC[C@]12C. The summed E-state index contributed by atoms with van der Waals surface area (Å²) in [6.07, 6.45) is 10.5. The van der Waals surface area contributed by atoms with Gasteiger partial charge in [-0.1, -0.05) is 26.8 Å². The Bertz CT molecular complexity index is 1030. The number of hydrogen-bond donors (Lipinski definition) is 1. The Morgan fingerprint density at radius 1 is 1.06 bits per heavy atom. The second-order valence-corrected chi connectivity index (χ2v) is 14.6. The molecule has 5 saturated carbocycles. The molecule has 0 radical (unpaired) electrons. The number of nitrogens with one attached hydrogen (secondary N) is 1. The molecule has 1 aromatic rings. The van der Waals surface area contributed by atoms with Crippen molar-refractivity contribution in [2.45, 2.75) is 97.4 Å². The summed E-state index contributed by atoms with van der Waals surface area (Å²) in [6, 6.07) is 4.43. The van der Waals surface area contributed by atoms with E-state index in [0.29, 0.717) is 66.8 Å². The lowest BCUT2D eigenvalue weighted by molar-refractivity contribution is -0.159. The van der Waals surface area contributed by atoms with Crippen LogP contribution in [-0.2, 0) is 14.4 Å². The van der Waals surface area contributed by atoms with Crippen molar-refractivity contribution in [3.8, 4) is 0 Å². The molecule has 0 spiro atoms. The maximum Gasteiger partial charge on any atom is 0.220 e. The van der Waals surface area contributed by atoms with Crippen molar-refractivity contribution in [2.24, 2.45) is 52.3 Å². The second-order valence-electron chi connectivity index (χ2n) is 13.7. The number of amides is 1. The summed E-state index contributed by atoms with van der Waals surface area (Å²) in [5.41, 5.74) is 0.297. The van der Waals surface area contributed by atoms with E-state index in [4.69, 9.17) is 0 Å². The van der Waals surface area contributed by atoms with Gasteiger partial charge in [0, 0.05) is 36.5 Å². The topological polar surface area (TPSA) is 63.2 Å². The smallest absolute Gasteiger partial charge is 0.220 e. The van der Waals surface area contributed by atoms with Crippen LogP contribution in [0.2, 0.25) is 0 Å². The molecule has 0 saturated heterocycles. The Hall–Kier alpha value is -1.49. The number of Topliss-reactive ketones (excluding diaryl/α,β-unsaturated/α-hetero) is 2. The number of thiophene rings is 1. The van der Waals surface area contributed by atoms with Gasteiger partial charge in [0.2, 0.25) is 5.91 Å². The fraction of sp³-hybridized carbons (Fsp3) is 0.774. The zero-order chi connectivity index (χ0) is 25.2. The number of hydrogen-bond acceptors (Lipinski definition) is 4. The largest absolute Gasteiger partial charge is 0.348 e. The minimum atomic E-state index is 0.147. The summed E-state index contributed by atoms with van der Waals surface area (Å²) in [5, 5.41) is 5.51. The van der Waals surface area contributed by atoms with Crippen LogP contribution in [0.1, 0.15) is 102 Å². The highest BCUT2D eigenvalue weighted by molar-refractivity contribution is 7.10. The first-order valence-electron chi connectivity index (χ1n) is 14.6. The molecule has 196 valence electrons. The molecule has 6 rings (SSSR count). The number of carbonyl (C=O) groups is 3. The molecule has 5 fully saturated rings. The average Bonchev–Trinajstić information content (AvgIpc) is 3.39. The molecule has 5 aliphatic carbocycles. The first-order chi connectivity index (χ1) is 17.2. The summed E-state index contributed by atoms with van der Waals surface area (Å²) in [5.74, 6) is 3.76. The van der Waals surface area contributed by atoms with Crippen LogP contribution in [0.4, 0.5) is 0 Å². The fourth-order valence-corrected chi connectivity index (χ4v) is 10.6. The summed E-state index contributed by atoms with van der Waals surface area (Å²) >= 11 is 1.75. The van der Waals surface area contributed by atoms with Gasteiger partial charge in [-0.3, -0.25) is 14.4 Å². The highest BCUT2D eigenvalue weighted by atomic mass is 32.1. The number of carbonyl (C=O) groups excluding carboxylic acids is 3. The van der Waals surface area contributed by atoms with Gasteiger partial charge in [0.05, 0.1) is 6.04 Å². The van der Waals surface area contributed by atoms with E-state index in [1.165, 1.54) is 24.1 Å². The minimum Gasteiger partial charge on any atom is -0.348 e. The molecule has 36 heavy (non-hydrogen) atoms. The van der Waals surface area contributed by atoms with E-state index in [2.05, 4.69) is 43.6 Å². The van der Waals surface area contributed by atoms with Crippen LogP contribution in [0.3, 0.4) is 0 Å². The first kappa shape index (κ1) is 24.8. The highest BCUT2D eigenvalue weighted by Crippen LogP contribution is 2.67. The second kappa shape index (κ2) is 9.06. The number of fused-ring (bicyclic) bond motifs is 5. The van der Waals surface area contributed by atoms with Crippen LogP contribution in [0.15, 0.2) is 17.5 Å². The molecule has 1 heterocycles. The van der Waals surface area contributed by atoms with Crippen molar-refractivity contribution in [2.75, 3.05) is 0 Å². The average molecular weight is 510 g/mol. The molecular formula is C31H43NO3S. The number of rotatable bonds is 6. The van der Waals surface area contributed by atoms with Gasteiger partial charge in [-0.2, -0.15) is 0 Å². The minimum absolute atomic E-state index is 0.147. The normalized spacial score (nSPS) is 41.7. The van der Waals surface area contributed by atoms with Gasteiger partial charge >= 0.3 is 0 Å². The fourth-order valence-electron chi connectivity index (χ4n) is 9.69. The molecule has 1 amide bonds. The van der Waals surface area contributed by atoms with Gasteiger partial charge in [-0.25, -0.2) is 0 Å². The third kappa shape index (κ3) is 4.03. The molecule has 0 bridgehead atoms. The van der Waals surface area contributed by atoms with Crippen LogP contribution in [0, 0.1) is 52.3 Å². The lowest BCUT2D eigenvalue weighted by atomic mass is 9.44. The van der Waals surface area contributed by atoms with Crippen LogP contribution in [0.5, 0.6) is 0 Å². The Labute approximate surface area is 220 Å². The molecule has 1 aromatic heterocycles. The van der Waals surface area contributed by atoms with Gasteiger partial charge in [-0.15, -0.1) is 11.3 Å². The molecule has 5 heteroatoms. The summed E-state index contributed by atoms with van der Waals surface area (Å²) < 4.78 is 0. The lowest BCUT2D eigenvalue weighted by Crippen LogP contribution is -2.57. The van der Waals surface area contributed by atoms with E-state index in [9.17, 15) is 14.4 Å². The van der Waals surface area contributed by atoms with E-state index in [1.54, 1.807) is 11.3 Å². The zero-order valence-electron chi connectivity index (χ0n) is 22.3. The lowest BCUT2D eigenvalue weighted by Gasteiger charge is -2.59. The maximum atomic E-state index is 13.6. The summed E-state index contributed by atoms with van der Waals surface area (Å²) in [4.78, 5) is 40.3. The third-order valence-electron chi connectivity index (χ3n) is 11.8. The molecule has 4 nitrogen and oxygen atoms in total. The molecule has 5 aliphatic rings. The maximum absolute atomic E-state index is 13.6. The predicted molar refractivity (Wildman–Crippen MR) is 142 cm³/mol. The van der Waals surface area contributed by atoms with Crippen molar-refractivity contribution < 1.29 is 14.4 Å². The van der Waals surface area contributed by atoms with E-state index >= 15 is 0 Å². The van der Waals surface area contributed by atoms with Crippen molar-refractivity contribution >= 4 is 28.8 Å². The van der Waals surface area contributed by atoms with Crippen LogP contribution in [-0.4, -0.2) is 17.5 Å². The monoisotopic (exact) mass is 509 g/mol. The van der Waals surface area contributed by atoms with Gasteiger partial charge < -0.3 is 5.32 Å². The van der Waals surface area contributed by atoms with Crippen LogP contribution < -0.4 is 5.32 Å². The van der Waals surface area contributed by atoms with Crippen LogP contribution >= 0.6 is 11.3 Å². The highest BCUT2D eigenvalue weighted by Gasteiger charge is 2.63. The van der Waals surface area contributed by atoms with Gasteiger partial charge in [0.25, 0.3) is 0 Å². The van der Waals surface area contributed by atoms with E-state index in [0.717, 1.165) is 25.7 Å². The summed E-state index contributed by atoms with van der Waals surface area (Å²) in [6.45, 7) is 7.14. The van der Waals surface area contributed by atoms with Crippen LogP contribution in [0.25, 0.3) is 0 Å². The van der Waals surface area contributed by atoms with Crippen molar-refractivity contribution in [1.29, 1.82) is 0 Å². The van der Waals surface area contributed by atoms with Gasteiger partial charge in [-0.05, 0) is 103 Å². The number of ketones is 2. The van der Waals surface area contributed by atoms with Crippen molar-refractivity contribution in [3.63, 3.8) is 0 Å². The van der Waals surface area contributed by atoms with E-state index in [-0.39, 0.29) is 34.6 Å². The van der Waals surface area contributed by atoms with E-state index in [1.807, 2.05) is 0 Å². The molecule has 0 aliphatic heterocycles. The zero-order valence-corrected chi connectivity index (χ0v) is 23.1. The van der Waals surface area contributed by atoms with Gasteiger partial charge in [0.15, 0.2) is 0 Å². The molecule has 0 aromatic carbocycles. The molecule has 1 N–H and O–H groups in total. The first-order valence-corrected chi connectivity index (χ1v) is 15.5. The molecule has 0 unspecified atom stereocenters. The van der Waals surface area contributed by atoms with Gasteiger partial charge in [0.1, 0.15) is 11.6 Å².